The van der Waals surface area contributed by atoms with Crippen molar-refractivity contribution in [3.63, 3.8) is 0 Å². The molecule has 1 aliphatic heterocycles. The lowest BCUT2D eigenvalue weighted by Crippen LogP contribution is -2.51. The molecule has 0 amide bonds. The number of nitrogens with two attached hydrogens (primary N) is 1. The molecule has 0 spiro atoms. The SMILES string of the molecule is I.NC(=NCCCCNc1ccccn1)N1CCN(c2ccc(F)cc2)CC1. The van der Waals surface area contributed by atoms with E-state index in [9.17, 15) is 4.39 Å². The Morgan fingerprint density at radius 1 is 1.07 bits per heavy atom. The number of unbranched alkanes of at least 4 members (excludes halogenated alkanes) is 1. The molecule has 2 heterocycles. The molecule has 2 aromatic rings. The Bertz CT molecular complexity index is 717. The first-order valence-corrected chi connectivity index (χ1v) is 9.43. The van der Waals surface area contributed by atoms with Crippen LogP contribution < -0.4 is 16.0 Å². The monoisotopic (exact) mass is 498 g/mol. The average molecular weight is 498 g/mol. The van der Waals surface area contributed by atoms with E-state index in [4.69, 9.17) is 5.73 Å². The smallest absolute Gasteiger partial charge is 0.191 e. The van der Waals surface area contributed by atoms with Crippen molar-refractivity contribution in [3.8, 4) is 0 Å². The third kappa shape index (κ3) is 6.81. The second-order valence-corrected chi connectivity index (χ2v) is 6.54. The van der Waals surface area contributed by atoms with E-state index >= 15 is 0 Å². The highest BCUT2D eigenvalue weighted by molar-refractivity contribution is 14.0. The standard InChI is InChI=1S/C20H27FN6.HI/c21-17-6-8-18(9-7-17)26-13-15-27(16-14-26)20(22)25-12-4-3-11-24-19-5-1-2-10-23-19;/h1-2,5-10H,3-4,11-16H2,(H2,22,25)(H,23,24);1H. The van der Waals surface area contributed by atoms with Gasteiger partial charge < -0.3 is 20.9 Å². The largest absolute Gasteiger partial charge is 0.370 e. The predicted octanol–water partition coefficient (Wildman–Crippen LogP) is 3.17. The third-order valence-electron chi connectivity index (χ3n) is 4.63. The van der Waals surface area contributed by atoms with Gasteiger partial charge in [-0.2, -0.15) is 0 Å². The van der Waals surface area contributed by atoms with Crippen molar-refractivity contribution in [2.24, 2.45) is 10.7 Å². The molecule has 6 nitrogen and oxygen atoms in total. The van der Waals surface area contributed by atoms with Crippen LogP contribution in [0.3, 0.4) is 0 Å². The zero-order valence-electron chi connectivity index (χ0n) is 15.9. The van der Waals surface area contributed by atoms with E-state index in [-0.39, 0.29) is 29.8 Å². The lowest BCUT2D eigenvalue weighted by Gasteiger charge is -2.36. The Hall–Kier alpha value is -2.10. The Kier molecular flexibility index (Phi) is 9.26. The minimum Gasteiger partial charge on any atom is -0.370 e. The van der Waals surface area contributed by atoms with Crippen molar-refractivity contribution in [2.45, 2.75) is 12.8 Å². The Balaban J connectivity index is 0.00000280. The lowest BCUT2D eigenvalue weighted by atomic mass is 10.2. The van der Waals surface area contributed by atoms with Crippen molar-refractivity contribution >= 4 is 41.4 Å². The number of nitrogens with one attached hydrogen (secondary N) is 1. The zero-order chi connectivity index (χ0) is 18.9. The number of halogens is 2. The van der Waals surface area contributed by atoms with Gasteiger partial charge in [-0.25, -0.2) is 9.37 Å². The molecule has 1 aromatic heterocycles. The second kappa shape index (κ2) is 11.7. The molecule has 0 aliphatic carbocycles. The molecule has 1 fully saturated rings. The number of benzene rings is 1. The van der Waals surface area contributed by atoms with E-state index in [0.29, 0.717) is 5.96 Å². The van der Waals surface area contributed by atoms with Gasteiger partial charge in [0.2, 0.25) is 0 Å². The summed E-state index contributed by atoms with van der Waals surface area (Å²) in [6.45, 7) is 4.98. The molecule has 1 saturated heterocycles. The number of hydrogen-bond acceptors (Lipinski definition) is 4. The predicted molar refractivity (Wildman–Crippen MR) is 124 cm³/mol. The van der Waals surface area contributed by atoms with E-state index in [1.165, 1.54) is 12.1 Å². The topological polar surface area (TPSA) is 69.8 Å². The van der Waals surface area contributed by atoms with Gasteiger partial charge in [0.15, 0.2) is 5.96 Å². The molecule has 0 radical (unpaired) electrons. The minimum atomic E-state index is -0.205. The molecule has 0 saturated carbocycles. The summed E-state index contributed by atoms with van der Waals surface area (Å²) >= 11 is 0. The van der Waals surface area contributed by atoms with Crippen LogP contribution in [-0.2, 0) is 0 Å². The quantitative estimate of drug-likeness (QED) is 0.266. The number of anilines is 2. The number of pyridine rings is 1. The van der Waals surface area contributed by atoms with Crippen LogP contribution in [-0.4, -0.2) is 55.1 Å². The van der Waals surface area contributed by atoms with Gasteiger partial charge in [0.05, 0.1) is 0 Å². The van der Waals surface area contributed by atoms with Gasteiger partial charge in [-0.1, -0.05) is 6.07 Å². The number of rotatable bonds is 7. The third-order valence-corrected chi connectivity index (χ3v) is 4.63. The van der Waals surface area contributed by atoms with Crippen LogP contribution in [0.25, 0.3) is 0 Å². The van der Waals surface area contributed by atoms with Crippen molar-refractivity contribution in [1.29, 1.82) is 0 Å². The fourth-order valence-electron chi connectivity index (χ4n) is 3.06. The van der Waals surface area contributed by atoms with Crippen molar-refractivity contribution in [1.82, 2.24) is 9.88 Å². The van der Waals surface area contributed by atoms with Crippen LogP contribution in [0.1, 0.15) is 12.8 Å². The number of guanidine groups is 1. The van der Waals surface area contributed by atoms with Gasteiger partial charge in [0.25, 0.3) is 0 Å². The van der Waals surface area contributed by atoms with Crippen molar-refractivity contribution in [3.05, 3.63) is 54.5 Å². The summed E-state index contributed by atoms with van der Waals surface area (Å²) in [6, 6.07) is 12.5. The fourth-order valence-corrected chi connectivity index (χ4v) is 3.06. The highest BCUT2D eigenvalue weighted by atomic mass is 127. The maximum absolute atomic E-state index is 13.0. The summed E-state index contributed by atoms with van der Waals surface area (Å²) in [4.78, 5) is 13.1. The number of aliphatic imine (C=N–C) groups is 1. The van der Waals surface area contributed by atoms with Gasteiger partial charge >= 0.3 is 0 Å². The number of nitrogens with zero attached hydrogens (tertiary/aromatic N) is 4. The Morgan fingerprint density at radius 3 is 2.50 bits per heavy atom. The summed E-state index contributed by atoms with van der Waals surface area (Å²) in [5.41, 5.74) is 7.19. The first kappa shape index (κ1) is 22.2. The molecule has 0 bridgehead atoms. The van der Waals surface area contributed by atoms with Gasteiger partial charge in [0.1, 0.15) is 11.6 Å². The maximum atomic E-state index is 13.0. The van der Waals surface area contributed by atoms with Crippen molar-refractivity contribution in [2.75, 3.05) is 49.5 Å². The molecule has 3 N–H and O–H groups in total. The van der Waals surface area contributed by atoms with E-state index < -0.39 is 0 Å². The molecule has 1 aliphatic rings. The average Bonchev–Trinajstić information content (AvgIpc) is 2.72. The molecule has 1 aromatic carbocycles. The maximum Gasteiger partial charge on any atom is 0.191 e. The van der Waals surface area contributed by atoms with Gasteiger partial charge in [-0.3, -0.25) is 4.99 Å². The molecular formula is C20H28FIN6. The van der Waals surface area contributed by atoms with Crippen LogP contribution in [0.4, 0.5) is 15.9 Å². The summed E-state index contributed by atoms with van der Waals surface area (Å²) < 4.78 is 13.0. The van der Waals surface area contributed by atoms with Crippen LogP contribution in [0.5, 0.6) is 0 Å². The molecular weight excluding hydrogens is 470 g/mol. The highest BCUT2D eigenvalue weighted by Gasteiger charge is 2.18. The number of piperazine rings is 1. The molecule has 8 heteroatoms. The summed E-state index contributed by atoms with van der Waals surface area (Å²) in [6.07, 6.45) is 3.78. The van der Waals surface area contributed by atoms with E-state index in [2.05, 4.69) is 25.1 Å². The molecule has 152 valence electrons. The van der Waals surface area contributed by atoms with Crippen LogP contribution in [0.2, 0.25) is 0 Å². The molecule has 3 rings (SSSR count). The summed E-state index contributed by atoms with van der Waals surface area (Å²) in [7, 11) is 0. The van der Waals surface area contributed by atoms with Crippen LogP contribution >= 0.6 is 24.0 Å². The zero-order valence-corrected chi connectivity index (χ0v) is 18.3. The Morgan fingerprint density at radius 2 is 1.82 bits per heavy atom. The molecule has 0 unspecified atom stereocenters. The second-order valence-electron chi connectivity index (χ2n) is 6.54. The Labute approximate surface area is 183 Å². The summed E-state index contributed by atoms with van der Waals surface area (Å²) in [5.74, 6) is 1.31. The molecule has 0 atom stereocenters. The minimum absolute atomic E-state index is 0. The van der Waals surface area contributed by atoms with Gasteiger partial charge in [0, 0.05) is 51.2 Å². The van der Waals surface area contributed by atoms with Crippen LogP contribution in [0, 0.1) is 5.82 Å². The number of hydrogen-bond donors (Lipinski definition) is 2. The van der Waals surface area contributed by atoms with E-state index in [0.717, 1.165) is 63.6 Å². The molecule has 28 heavy (non-hydrogen) atoms. The van der Waals surface area contributed by atoms with Crippen molar-refractivity contribution < 1.29 is 4.39 Å². The van der Waals surface area contributed by atoms with E-state index in [1.807, 2.05) is 30.3 Å². The number of aromatic nitrogens is 1. The van der Waals surface area contributed by atoms with Gasteiger partial charge in [-0.05, 0) is 49.2 Å². The van der Waals surface area contributed by atoms with Gasteiger partial charge in [-0.15, -0.1) is 24.0 Å². The first-order valence-electron chi connectivity index (χ1n) is 9.43. The van der Waals surface area contributed by atoms with E-state index in [1.54, 1.807) is 6.20 Å². The summed E-state index contributed by atoms with van der Waals surface area (Å²) in [5, 5.41) is 3.29. The first-order chi connectivity index (χ1) is 13.2. The highest BCUT2D eigenvalue weighted by Crippen LogP contribution is 2.16. The fraction of sp³-hybridized carbons (Fsp3) is 0.400. The van der Waals surface area contributed by atoms with Crippen LogP contribution in [0.15, 0.2) is 53.7 Å². The normalized spacial score (nSPS) is 14.5. The lowest BCUT2D eigenvalue weighted by molar-refractivity contribution is 0.380.